The van der Waals surface area contributed by atoms with E-state index in [0.717, 1.165) is 26.1 Å². The van der Waals surface area contributed by atoms with Crippen molar-refractivity contribution in [1.82, 2.24) is 4.90 Å². The van der Waals surface area contributed by atoms with E-state index in [4.69, 9.17) is 0 Å². The topological polar surface area (TPSA) is 3.24 Å². The number of hydrogen-bond acceptors (Lipinski definition) is 1. The fourth-order valence-electron chi connectivity index (χ4n) is 6.63. The normalized spacial score (nSPS) is 16.5. The number of nitrogens with zero attached hydrogens (tertiary/aromatic N) is 1. The van der Waals surface area contributed by atoms with Crippen molar-refractivity contribution < 1.29 is 0 Å². The summed E-state index contributed by atoms with van der Waals surface area (Å²) in [6.45, 7) is 2.84. The van der Waals surface area contributed by atoms with Crippen LogP contribution in [0.15, 0.2) is 121 Å². The molecule has 0 radical (unpaired) electrons. The lowest BCUT2D eigenvalue weighted by atomic mass is 9.80. The largest absolute Gasteiger partial charge is 0.291 e. The van der Waals surface area contributed by atoms with Crippen LogP contribution in [0.4, 0.5) is 0 Å². The standard InChI is InChI=1S/C36H31N/c1-4-11-26(12-5-1)23-37-24-34-30(27-13-6-2-7-14-27)17-10-18-32(34)33-22-20-29-19-21-31(35(25-37)36(29)33)28-15-8-3-9-16-28/h1-19,21,33H,20,22-25H2. The molecule has 0 aromatic heterocycles. The fourth-order valence-corrected chi connectivity index (χ4v) is 6.63. The summed E-state index contributed by atoms with van der Waals surface area (Å²) in [6.07, 6.45) is 2.36. The quantitative estimate of drug-likeness (QED) is 0.250. The van der Waals surface area contributed by atoms with E-state index in [1.165, 1.54) is 56.5 Å². The Morgan fingerprint density at radius 2 is 1.19 bits per heavy atom. The Kier molecular flexibility index (Phi) is 5.72. The van der Waals surface area contributed by atoms with E-state index in [1.54, 1.807) is 5.56 Å². The van der Waals surface area contributed by atoms with Gasteiger partial charge in [0.2, 0.25) is 0 Å². The van der Waals surface area contributed by atoms with Crippen molar-refractivity contribution in [3.8, 4) is 22.3 Å². The van der Waals surface area contributed by atoms with Crippen molar-refractivity contribution in [2.24, 2.45) is 0 Å². The van der Waals surface area contributed by atoms with Gasteiger partial charge in [0.25, 0.3) is 0 Å². The van der Waals surface area contributed by atoms with Crippen LogP contribution in [0.3, 0.4) is 0 Å². The Morgan fingerprint density at radius 1 is 0.568 bits per heavy atom. The summed E-state index contributed by atoms with van der Waals surface area (Å²) in [5, 5.41) is 0. The minimum Gasteiger partial charge on any atom is -0.291 e. The maximum Gasteiger partial charge on any atom is 0.0250 e. The van der Waals surface area contributed by atoms with Gasteiger partial charge in [-0.1, -0.05) is 121 Å². The SMILES string of the molecule is c1ccc(CN2Cc3c(-c4ccccc4)cccc3C3CCc4ccc(-c5ccccc5)c(c43)C2)cc1. The van der Waals surface area contributed by atoms with Crippen molar-refractivity contribution in [2.45, 2.75) is 38.4 Å². The van der Waals surface area contributed by atoms with Crippen LogP contribution in [0.5, 0.6) is 0 Å². The third-order valence-corrected chi connectivity index (χ3v) is 8.27. The van der Waals surface area contributed by atoms with E-state index in [0.29, 0.717) is 5.92 Å². The summed E-state index contributed by atoms with van der Waals surface area (Å²) in [5.74, 6) is 0.464. The average Bonchev–Trinajstić information content (AvgIpc) is 3.38. The Labute approximate surface area is 220 Å². The molecular weight excluding hydrogens is 446 g/mol. The molecule has 1 aliphatic carbocycles. The molecule has 1 heterocycles. The molecule has 0 saturated heterocycles. The smallest absolute Gasteiger partial charge is 0.0250 e. The predicted octanol–water partition coefficient (Wildman–Crippen LogP) is 8.61. The van der Waals surface area contributed by atoms with E-state index < -0.39 is 0 Å². The Bertz CT molecular complexity index is 1540. The Morgan fingerprint density at radius 3 is 1.89 bits per heavy atom. The zero-order chi connectivity index (χ0) is 24.6. The summed E-state index contributed by atoms with van der Waals surface area (Å²) in [5.41, 5.74) is 14.5. The molecule has 1 aliphatic heterocycles. The van der Waals surface area contributed by atoms with Crippen LogP contribution in [0.2, 0.25) is 0 Å². The van der Waals surface area contributed by atoms with E-state index in [-0.39, 0.29) is 0 Å². The van der Waals surface area contributed by atoms with Gasteiger partial charge < -0.3 is 0 Å². The molecule has 0 saturated carbocycles. The first-order chi connectivity index (χ1) is 18.3. The van der Waals surface area contributed by atoms with Crippen LogP contribution in [-0.4, -0.2) is 4.90 Å². The monoisotopic (exact) mass is 477 g/mol. The molecule has 2 aliphatic rings. The molecule has 1 atom stereocenters. The van der Waals surface area contributed by atoms with E-state index in [2.05, 4.69) is 126 Å². The number of rotatable bonds is 4. The van der Waals surface area contributed by atoms with Gasteiger partial charge in [-0.2, -0.15) is 0 Å². The molecular formula is C36H31N. The molecule has 180 valence electrons. The van der Waals surface area contributed by atoms with Crippen LogP contribution >= 0.6 is 0 Å². The highest BCUT2D eigenvalue weighted by Gasteiger charge is 2.33. The molecule has 1 unspecified atom stereocenters. The zero-order valence-corrected chi connectivity index (χ0v) is 21.1. The number of fused-ring (bicyclic) bond motifs is 2. The molecule has 0 spiro atoms. The third kappa shape index (κ3) is 4.10. The highest BCUT2D eigenvalue weighted by molar-refractivity contribution is 5.74. The number of aryl methyl sites for hydroxylation is 1. The van der Waals surface area contributed by atoms with Gasteiger partial charge in [0.05, 0.1) is 0 Å². The summed E-state index contributed by atoms with van der Waals surface area (Å²) >= 11 is 0. The zero-order valence-electron chi connectivity index (χ0n) is 21.1. The second kappa shape index (κ2) is 9.50. The van der Waals surface area contributed by atoms with Gasteiger partial charge in [-0.25, -0.2) is 0 Å². The van der Waals surface area contributed by atoms with Crippen molar-refractivity contribution in [3.63, 3.8) is 0 Å². The summed E-state index contributed by atoms with van der Waals surface area (Å²) in [6, 6.07) is 44.7. The van der Waals surface area contributed by atoms with Crippen LogP contribution in [-0.2, 0) is 26.1 Å². The van der Waals surface area contributed by atoms with Crippen molar-refractivity contribution in [3.05, 3.63) is 155 Å². The minimum atomic E-state index is 0.464. The van der Waals surface area contributed by atoms with Crippen LogP contribution in [0.1, 0.15) is 45.7 Å². The molecule has 0 amide bonds. The summed E-state index contributed by atoms with van der Waals surface area (Å²) in [4.78, 5) is 2.66. The third-order valence-electron chi connectivity index (χ3n) is 8.27. The second-order valence-electron chi connectivity index (χ2n) is 10.5. The predicted molar refractivity (Wildman–Crippen MR) is 153 cm³/mol. The van der Waals surface area contributed by atoms with Gasteiger partial charge in [-0.3, -0.25) is 4.90 Å². The molecule has 5 aromatic carbocycles. The molecule has 5 aromatic rings. The first kappa shape index (κ1) is 22.3. The Balaban J connectivity index is 1.44. The maximum absolute atomic E-state index is 2.66. The van der Waals surface area contributed by atoms with Crippen LogP contribution in [0.25, 0.3) is 22.3 Å². The molecule has 7 rings (SSSR count). The van der Waals surface area contributed by atoms with Crippen LogP contribution < -0.4 is 0 Å². The van der Waals surface area contributed by atoms with Crippen LogP contribution in [0, 0.1) is 0 Å². The van der Waals surface area contributed by atoms with E-state index in [1.807, 2.05) is 0 Å². The first-order valence-electron chi connectivity index (χ1n) is 13.5. The second-order valence-corrected chi connectivity index (χ2v) is 10.5. The lowest BCUT2D eigenvalue weighted by molar-refractivity contribution is 0.244. The first-order valence-corrected chi connectivity index (χ1v) is 13.5. The molecule has 0 fully saturated rings. The van der Waals surface area contributed by atoms with Gasteiger partial charge in [0.1, 0.15) is 0 Å². The van der Waals surface area contributed by atoms with Crippen molar-refractivity contribution >= 4 is 0 Å². The lowest BCUT2D eigenvalue weighted by Crippen LogP contribution is -2.27. The highest BCUT2D eigenvalue weighted by Crippen LogP contribution is 2.47. The summed E-state index contributed by atoms with van der Waals surface area (Å²) < 4.78 is 0. The Hall–Kier alpha value is -3.94. The minimum absolute atomic E-state index is 0.464. The average molecular weight is 478 g/mol. The molecule has 1 nitrogen and oxygen atoms in total. The molecule has 1 heteroatoms. The number of benzene rings is 5. The highest BCUT2D eigenvalue weighted by atomic mass is 15.1. The van der Waals surface area contributed by atoms with Gasteiger partial charge in [-0.05, 0) is 68.5 Å². The van der Waals surface area contributed by atoms with Crippen molar-refractivity contribution in [1.29, 1.82) is 0 Å². The van der Waals surface area contributed by atoms with Gasteiger partial charge >= 0.3 is 0 Å². The molecule has 0 bridgehead atoms. The van der Waals surface area contributed by atoms with Gasteiger partial charge in [-0.15, -0.1) is 0 Å². The van der Waals surface area contributed by atoms with E-state index in [9.17, 15) is 0 Å². The van der Waals surface area contributed by atoms with E-state index >= 15 is 0 Å². The number of hydrogen-bond donors (Lipinski definition) is 0. The fraction of sp³-hybridized carbons (Fsp3) is 0.167. The lowest BCUT2D eigenvalue weighted by Gasteiger charge is -2.33. The molecule has 0 N–H and O–H groups in total. The maximum atomic E-state index is 2.66. The summed E-state index contributed by atoms with van der Waals surface area (Å²) in [7, 11) is 0. The molecule has 37 heavy (non-hydrogen) atoms. The van der Waals surface area contributed by atoms with Gasteiger partial charge in [0.15, 0.2) is 0 Å². The van der Waals surface area contributed by atoms with Crippen molar-refractivity contribution in [2.75, 3.05) is 0 Å². The van der Waals surface area contributed by atoms with Gasteiger partial charge in [0, 0.05) is 25.6 Å².